The predicted octanol–water partition coefficient (Wildman–Crippen LogP) is 2.79. The Bertz CT molecular complexity index is 416. The quantitative estimate of drug-likeness (QED) is 0.303. The molecule has 1 heterocycles. The summed E-state index contributed by atoms with van der Waals surface area (Å²) in [5, 5.41) is 0. The lowest BCUT2D eigenvalue weighted by atomic mass is 9.72. The minimum Gasteiger partial charge on any atom is -0.462 e. The van der Waals surface area contributed by atoms with Crippen molar-refractivity contribution in [2.45, 2.75) is 46.6 Å². The van der Waals surface area contributed by atoms with E-state index in [1.165, 1.54) is 0 Å². The van der Waals surface area contributed by atoms with Crippen LogP contribution in [0.25, 0.3) is 0 Å². The highest BCUT2D eigenvalue weighted by atomic mass is 32.1. The predicted molar refractivity (Wildman–Crippen MR) is 85.8 cm³/mol. The second kappa shape index (κ2) is 7.80. The van der Waals surface area contributed by atoms with Crippen LogP contribution < -0.4 is 0 Å². The molecule has 0 saturated carbocycles. The molecule has 0 N–H and O–H groups in total. The van der Waals surface area contributed by atoms with Crippen LogP contribution in [-0.4, -0.2) is 38.0 Å². The van der Waals surface area contributed by atoms with Gasteiger partial charge in [0.1, 0.15) is 14.0 Å². The van der Waals surface area contributed by atoms with Gasteiger partial charge < -0.3 is 14.0 Å². The molecule has 0 amide bonds. The third-order valence-electron chi connectivity index (χ3n) is 3.67. The van der Waals surface area contributed by atoms with Gasteiger partial charge in [-0.2, -0.15) is 12.6 Å². The maximum absolute atomic E-state index is 12.3. The lowest BCUT2D eigenvalue weighted by molar-refractivity contribution is -0.159. The number of carbonyl (C=O) groups excluding carboxylic acids is 2. The highest BCUT2D eigenvalue weighted by molar-refractivity contribution is 7.85. The van der Waals surface area contributed by atoms with Gasteiger partial charge in [0.15, 0.2) is 0 Å². The maximum Gasteiger partial charge on any atom is 0.314 e. The molecule has 0 bridgehead atoms. The SMILES string of the molecule is [2H]P(CS)OC(=O)C(C)(CC)CC(C)(C)C(=O)OCC1CO1. The number of hydrogen-bond acceptors (Lipinski definition) is 6. The van der Waals surface area contributed by atoms with Crippen LogP contribution in [-0.2, 0) is 23.6 Å². The molecule has 122 valence electrons. The Labute approximate surface area is 135 Å². The summed E-state index contributed by atoms with van der Waals surface area (Å²) < 4.78 is 23.0. The van der Waals surface area contributed by atoms with Crippen LogP contribution >= 0.6 is 21.4 Å². The summed E-state index contributed by atoms with van der Waals surface area (Å²) in [5.74, 6) is -0.797. The number of hydrogen-bond donors (Lipinski definition) is 1. The van der Waals surface area contributed by atoms with E-state index < -0.39 is 25.6 Å². The van der Waals surface area contributed by atoms with E-state index in [9.17, 15) is 9.59 Å². The van der Waals surface area contributed by atoms with Crippen molar-refractivity contribution in [2.24, 2.45) is 10.8 Å². The van der Waals surface area contributed by atoms with Gasteiger partial charge in [0, 0.05) is 5.49 Å². The Morgan fingerprint density at radius 1 is 1.43 bits per heavy atom. The summed E-state index contributed by atoms with van der Waals surface area (Å²) in [6.45, 7) is 8.03. The van der Waals surface area contributed by atoms with E-state index in [1.54, 1.807) is 20.8 Å². The molecule has 1 aliphatic rings. The Kier molecular flexibility index (Phi) is 6.33. The zero-order valence-electron chi connectivity index (χ0n) is 14.0. The molecule has 0 aliphatic carbocycles. The summed E-state index contributed by atoms with van der Waals surface area (Å²) in [4.78, 5) is 24.5. The van der Waals surface area contributed by atoms with E-state index in [4.69, 9.17) is 15.3 Å². The molecular formula is C14H25O5PS. The van der Waals surface area contributed by atoms with E-state index >= 15 is 0 Å². The Balaban J connectivity index is 2.67. The molecule has 0 aromatic carbocycles. The number of epoxide rings is 1. The van der Waals surface area contributed by atoms with E-state index in [0.717, 1.165) is 0 Å². The monoisotopic (exact) mass is 337 g/mol. The van der Waals surface area contributed by atoms with Crippen molar-refractivity contribution in [1.82, 2.24) is 0 Å². The lowest BCUT2D eigenvalue weighted by Gasteiger charge is -2.33. The first-order valence-corrected chi connectivity index (χ1v) is 8.66. The highest BCUT2D eigenvalue weighted by Crippen LogP contribution is 2.40. The largest absolute Gasteiger partial charge is 0.462 e. The zero-order valence-corrected chi connectivity index (χ0v) is 14.8. The summed E-state index contributed by atoms with van der Waals surface area (Å²) in [5.41, 5.74) is -1.44. The fourth-order valence-corrected chi connectivity index (χ4v) is 2.68. The summed E-state index contributed by atoms with van der Waals surface area (Å²) >= 11 is 3.96. The van der Waals surface area contributed by atoms with Crippen molar-refractivity contribution < 1.29 is 23.6 Å². The second-order valence-electron chi connectivity index (χ2n) is 6.18. The molecule has 3 unspecified atom stereocenters. The molecule has 0 spiro atoms. The van der Waals surface area contributed by atoms with Gasteiger partial charge in [-0.3, -0.25) is 9.59 Å². The van der Waals surface area contributed by atoms with Gasteiger partial charge in [-0.25, -0.2) is 0 Å². The molecule has 5 nitrogen and oxygen atoms in total. The normalized spacial score (nSPS) is 22.7. The van der Waals surface area contributed by atoms with E-state index in [2.05, 4.69) is 12.6 Å². The van der Waals surface area contributed by atoms with Crippen LogP contribution in [0.5, 0.6) is 0 Å². The van der Waals surface area contributed by atoms with Crippen molar-refractivity contribution in [3.05, 3.63) is 0 Å². The highest BCUT2D eigenvalue weighted by Gasteiger charge is 2.43. The van der Waals surface area contributed by atoms with Gasteiger partial charge in [-0.15, -0.1) is 0 Å². The molecule has 7 heteroatoms. The summed E-state index contributed by atoms with van der Waals surface area (Å²) in [6, 6.07) is 0. The Hall–Kier alpha value is -0.320. The average Bonchev–Trinajstić information content (AvgIpc) is 3.27. The number of thiol groups is 1. The first-order valence-electron chi connectivity index (χ1n) is 7.48. The molecule has 0 aromatic heterocycles. The Morgan fingerprint density at radius 2 is 2.05 bits per heavy atom. The molecule has 0 aromatic rings. The third kappa shape index (κ3) is 5.76. The van der Waals surface area contributed by atoms with E-state index in [-0.39, 0.29) is 24.2 Å². The van der Waals surface area contributed by atoms with Gasteiger partial charge >= 0.3 is 11.9 Å². The van der Waals surface area contributed by atoms with Crippen LogP contribution in [0, 0.1) is 10.8 Å². The first-order chi connectivity index (χ1) is 10.1. The zero-order chi connectivity index (χ0) is 17.0. The maximum atomic E-state index is 12.3. The van der Waals surface area contributed by atoms with Crippen molar-refractivity contribution >= 4 is 33.3 Å². The van der Waals surface area contributed by atoms with Crippen LogP contribution in [0.1, 0.15) is 40.5 Å². The second-order valence-corrected chi connectivity index (χ2v) is 7.75. The molecule has 1 saturated heterocycles. The smallest absolute Gasteiger partial charge is 0.314 e. The standard InChI is InChI=1S/C14H25O5PS/c1-5-14(4,12(16)19-20-9-21)8-13(2,3)11(15)18-7-10-6-17-10/h10,20-21H,5-9H2,1-4H3/i20D. The fourth-order valence-electron chi connectivity index (χ4n) is 2.12. The molecule has 3 atom stereocenters. The number of rotatable bonds is 9. The van der Waals surface area contributed by atoms with Crippen molar-refractivity contribution in [2.75, 3.05) is 18.7 Å². The summed E-state index contributed by atoms with van der Waals surface area (Å²) in [6.07, 6.45) is 0.837. The average molecular weight is 337 g/mol. The van der Waals surface area contributed by atoms with Crippen LogP contribution in [0.15, 0.2) is 0 Å². The van der Waals surface area contributed by atoms with Gasteiger partial charge in [0.25, 0.3) is 0 Å². The van der Waals surface area contributed by atoms with Gasteiger partial charge in [-0.1, -0.05) is 6.92 Å². The van der Waals surface area contributed by atoms with Crippen molar-refractivity contribution in [1.29, 1.82) is 1.28 Å². The fraction of sp³-hybridized carbons (Fsp3) is 0.857. The third-order valence-corrected chi connectivity index (χ3v) is 4.42. The van der Waals surface area contributed by atoms with Gasteiger partial charge in [0.2, 0.25) is 0 Å². The van der Waals surface area contributed by atoms with Crippen LogP contribution in [0.4, 0.5) is 0 Å². The molecule has 1 fully saturated rings. The molecular weight excluding hydrogens is 311 g/mol. The number of ether oxygens (including phenoxy) is 2. The Morgan fingerprint density at radius 3 is 2.52 bits per heavy atom. The molecule has 1 rings (SSSR count). The molecule has 21 heavy (non-hydrogen) atoms. The van der Waals surface area contributed by atoms with Gasteiger partial charge in [-0.05, 0) is 33.6 Å². The minimum absolute atomic E-state index is 0.0181. The number of carbonyl (C=O) groups is 2. The minimum atomic E-state index is -1.62. The first kappa shape index (κ1) is 17.0. The van der Waals surface area contributed by atoms with Gasteiger partial charge in [0.05, 0.1) is 26.2 Å². The number of esters is 1. The van der Waals surface area contributed by atoms with E-state index in [1.807, 2.05) is 6.92 Å². The molecule has 0 radical (unpaired) electrons. The van der Waals surface area contributed by atoms with Crippen molar-refractivity contribution in [3.8, 4) is 0 Å². The van der Waals surface area contributed by atoms with Crippen LogP contribution in [0.2, 0.25) is 0 Å². The topological polar surface area (TPSA) is 65.1 Å². The van der Waals surface area contributed by atoms with Crippen molar-refractivity contribution in [3.63, 3.8) is 0 Å². The molecule has 1 aliphatic heterocycles. The summed E-state index contributed by atoms with van der Waals surface area (Å²) in [7, 11) is -1.62. The van der Waals surface area contributed by atoms with Crippen LogP contribution in [0.3, 0.4) is 0 Å². The van der Waals surface area contributed by atoms with E-state index in [0.29, 0.717) is 19.4 Å². The lowest BCUT2D eigenvalue weighted by Crippen LogP contribution is -2.38.